The molecule has 0 bridgehead atoms. The van der Waals surface area contributed by atoms with E-state index in [9.17, 15) is 9.90 Å². The highest BCUT2D eigenvalue weighted by Gasteiger charge is 2.55. The highest BCUT2D eigenvalue weighted by molar-refractivity contribution is 8.04. The highest BCUT2D eigenvalue weighted by atomic mass is 32.2. The molecule has 1 N–H and O–H groups in total. The van der Waals surface area contributed by atoms with Crippen molar-refractivity contribution in [3.8, 4) is 5.75 Å². The second kappa shape index (κ2) is 17.5. The number of cyclic esters (lactones) is 1. The van der Waals surface area contributed by atoms with Gasteiger partial charge in [-0.2, -0.15) is 0 Å². The second-order valence-corrected chi connectivity index (χ2v) is 13.9. The molecule has 0 saturated carbocycles. The zero-order valence-corrected chi connectivity index (χ0v) is 29.6. The van der Waals surface area contributed by atoms with Crippen LogP contribution in [0.1, 0.15) is 22.3 Å². The van der Waals surface area contributed by atoms with Gasteiger partial charge in [-0.3, -0.25) is 0 Å². The maximum Gasteiger partial charge on any atom is 0.348 e. The summed E-state index contributed by atoms with van der Waals surface area (Å²) in [4.78, 5) is 13.7. The van der Waals surface area contributed by atoms with Crippen LogP contribution in [0.5, 0.6) is 5.75 Å². The number of hydrogen-bond acceptors (Lipinski definition) is 11. The molecule has 0 amide bonds. The van der Waals surface area contributed by atoms with Gasteiger partial charge in [0.25, 0.3) is 0 Å². The molecule has 272 valence electrons. The smallest absolute Gasteiger partial charge is 0.348 e. The SMILES string of the molecule is COc1ccc(CO[C@H]2C3=C(S[C@H]4[C@@H](O3)O[C@@H](COCc3ccccc3)[C@H](OCc3ccccc3)[C@H]4OCc3ccccc3)C(=O)O[C@@H]2CO)cc1. The van der Waals surface area contributed by atoms with E-state index in [1.807, 2.05) is 115 Å². The molecular formula is C41H42O10S. The molecule has 0 aromatic heterocycles. The van der Waals surface area contributed by atoms with Crippen LogP contribution in [0.15, 0.2) is 126 Å². The number of carbonyl (C=O) groups excluding carboxylic acids is 1. The van der Waals surface area contributed by atoms with Gasteiger partial charge in [0.05, 0.1) is 46.8 Å². The van der Waals surface area contributed by atoms with Gasteiger partial charge in [0, 0.05) is 0 Å². The van der Waals surface area contributed by atoms with Gasteiger partial charge in [-0.05, 0) is 34.4 Å². The number of ether oxygens (including phenoxy) is 8. The van der Waals surface area contributed by atoms with Crippen molar-refractivity contribution < 1.29 is 47.8 Å². The van der Waals surface area contributed by atoms with E-state index in [1.165, 1.54) is 11.8 Å². The summed E-state index contributed by atoms with van der Waals surface area (Å²) >= 11 is 1.27. The number of aliphatic hydroxyl groups is 1. The minimum atomic E-state index is -0.970. The van der Waals surface area contributed by atoms with Crippen LogP contribution in [0.2, 0.25) is 0 Å². The normalized spacial score (nSPS) is 25.4. The lowest BCUT2D eigenvalue weighted by atomic mass is 9.99. The third-order valence-corrected chi connectivity index (χ3v) is 10.5. The summed E-state index contributed by atoms with van der Waals surface area (Å²) < 4.78 is 50.2. The van der Waals surface area contributed by atoms with Crippen LogP contribution in [-0.2, 0) is 64.4 Å². The van der Waals surface area contributed by atoms with E-state index < -0.39 is 54.6 Å². The first-order valence-electron chi connectivity index (χ1n) is 17.3. The number of benzene rings is 4. The Morgan fingerprint density at radius 3 is 1.81 bits per heavy atom. The van der Waals surface area contributed by atoms with Crippen LogP contribution in [0.3, 0.4) is 0 Å². The van der Waals surface area contributed by atoms with Crippen molar-refractivity contribution in [2.45, 2.75) is 68.5 Å². The molecule has 52 heavy (non-hydrogen) atoms. The summed E-state index contributed by atoms with van der Waals surface area (Å²) in [5.41, 5.74) is 3.88. The van der Waals surface area contributed by atoms with Gasteiger partial charge in [-0.1, -0.05) is 103 Å². The Labute approximate surface area is 307 Å². The maximum absolute atomic E-state index is 13.5. The molecule has 0 unspecified atom stereocenters. The molecule has 1 fully saturated rings. The third kappa shape index (κ3) is 8.70. The molecule has 7 atom stereocenters. The zero-order valence-electron chi connectivity index (χ0n) is 28.8. The first-order valence-corrected chi connectivity index (χ1v) is 18.2. The van der Waals surface area contributed by atoms with Gasteiger partial charge in [0.15, 0.2) is 18.0 Å². The predicted molar refractivity (Wildman–Crippen MR) is 193 cm³/mol. The Kier molecular flexibility index (Phi) is 12.2. The molecule has 0 radical (unpaired) electrons. The Balaban J connectivity index is 1.18. The molecule has 4 aromatic rings. The van der Waals surface area contributed by atoms with Crippen LogP contribution in [0, 0.1) is 0 Å². The average molecular weight is 727 g/mol. The zero-order chi connectivity index (χ0) is 35.7. The number of fused-ring (bicyclic) bond motifs is 1. The molecule has 0 aliphatic carbocycles. The molecular weight excluding hydrogens is 685 g/mol. The molecule has 1 saturated heterocycles. The number of hydrogen-bond donors (Lipinski definition) is 1. The van der Waals surface area contributed by atoms with Crippen LogP contribution in [0.4, 0.5) is 0 Å². The quantitative estimate of drug-likeness (QED) is 0.147. The number of carbonyl (C=O) groups is 1. The molecule has 3 aliphatic heterocycles. The Morgan fingerprint density at radius 2 is 1.21 bits per heavy atom. The number of methoxy groups -OCH3 is 1. The molecule has 11 heteroatoms. The van der Waals surface area contributed by atoms with Crippen molar-refractivity contribution >= 4 is 17.7 Å². The van der Waals surface area contributed by atoms with Crippen molar-refractivity contribution in [1.29, 1.82) is 0 Å². The lowest BCUT2D eigenvalue weighted by Crippen LogP contribution is -2.61. The highest BCUT2D eigenvalue weighted by Crippen LogP contribution is 2.47. The lowest BCUT2D eigenvalue weighted by molar-refractivity contribution is -0.272. The molecule has 4 aromatic carbocycles. The molecule has 7 rings (SSSR count). The van der Waals surface area contributed by atoms with Crippen LogP contribution in [-0.4, -0.2) is 73.5 Å². The van der Waals surface area contributed by atoms with Gasteiger partial charge in [0.2, 0.25) is 6.29 Å². The van der Waals surface area contributed by atoms with Gasteiger partial charge < -0.3 is 43.0 Å². The molecule has 0 spiro atoms. The fraction of sp³-hybridized carbons (Fsp3) is 0.341. The predicted octanol–water partition coefficient (Wildman–Crippen LogP) is 5.95. The van der Waals surface area contributed by atoms with Gasteiger partial charge in [0.1, 0.15) is 34.2 Å². The molecule has 10 nitrogen and oxygen atoms in total. The minimum absolute atomic E-state index is 0.177. The number of esters is 1. The minimum Gasteiger partial charge on any atom is -0.497 e. The number of rotatable bonds is 15. The van der Waals surface area contributed by atoms with E-state index in [4.69, 9.17) is 37.9 Å². The van der Waals surface area contributed by atoms with E-state index in [1.54, 1.807) is 7.11 Å². The fourth-order valence-electron chi connectivity index (χ4n) is 6.39. The summed E-state index contributed by atoms with van der Waals surface area (Å²) in [6.45, 7) is 0.916. The van der Waals surface area contributed by atoms with Crippen LogP contribution in [0.25, 0.3) is 0 Å². The van der Waals surface area contributed by atoms with Crippen molar-refractivity contribution in [3.63, 3.8) is 0 Å². The number of thioether (sulfide) groups is 1. The van der Waals surface area contributed by atoms with E-state index in [2.05, 4.69) is 0 Å². The van der Waals surface area contributed by atoms with E-state index in [0.29, 0.717) is 19.8 Å². The van der Waals surface area contributed by atoms with Crippen LogP contribution >= 0.6 is 11.8 Å². The Bertz CT molecular complexity index is 1760. The third-order valence-electron chi connectivity index (χ3n) is 9.08. The van der Waals surface area contributed by atoms with Gasteiger partial charge in [-0.15, -0.1) is 11.8 Å². The lowest BCUT2D eigenvalue weighted by Gasteiger charge is -2.49. The monoisotopic (exact) mass is 726 g/mol. The van der Waals surface area contributed by atoms with Gasteiger partial charge in [-0.25, -0.2) is 4.79 Å². The second-order valence-electron chi connectivity index (χ2n) is 12.7. The Morgan fingerprint density at radius 1 is 0.654 bits per heavy atom. The fourth-order valence-corrected chi connectivity index (χ4v) is 7.68. The molecule has 3 heterocycles. The molecule has 3 aliphatic rings. The van der Waals surface area contributed by atoms with E-state index in [-0.39, 0.29) is 23.9 Å². The first-order chi connectivity index (χ1) is 25.6. The van der Waals surface area contributed by atoms with E-state index >= 15 is 0 Å². The first kappa shape index (κ1) is 36.2. The Hall–Kier alpha value is -4.20. The standard InChI is InChI=1S/C41H42O10S/c1-44-31-19-17-30(18-20-31)25-46-34-32(21-42)49-40(43)38-37(34)51-41-39(52-38)36(48-24-29-15-9-4-10-16-29)35(47-23-28-13-7-3-8-14-28)33(50-41)26-45-22-27-11-5-2-6-12-27/h2-20,32-36,39,41-42H,21-26H2,1H3/t32-,33+,34-,35+,36-,39-,41-/m1/s1. The summed E-state index contributed by atoms with van der Waals surface area (Å²) in [5, 5.41) is 9.75. The van der Waals surface area contributed by atoms with Crippen molar-refractivity contribution in [1.82, 2.24) is 0 Å². The summed E-state index contributed by atoms with van der Waals surface area (Å²) in [5.74, 6) is 0.390. The van der Waals surface area contributed by atoms with Gasteiger partial charge >= 0.3 is 5.97 Å². The largest absolute Gasteiger partial charge is 0.497 e. The summed E-state index contributed by atoms with van der Waals surface area (Å²) in [6, 6.07) is 37.2. The topological polar surface area (TPSA) is 111 Å². The average Bonchev–Trinajstić information content (AvgIpc) is 3.19. The maximum atomic E-state index is 13.5. The summed E-state index contributed by atoms with van der Waals surface area (Å²) in [6.07, 6.45) is -4.48. The van der Waals surface area contributed by atoms with Crippen molar-refractivity contribution in [3.05, 3.63) is 148 Å². The summed E-state index contributed by atoms with van der Waals surface area (Å²) in [7, 11) is 1.61. The van der Waals surface area contributed by atoms with Crippen LogP contribution < -0.4 is 4.74 Å². The van der Waals surface area contributed by atoms with E-state index in [0.717, 1.165) is 28.0 Å². The number of aliphatic hydroxyl groups excluding tert-OH is 1. The van der Waals surface area contributed by atoms with Crippen molar-refractivity contribution in [2.24, 2.45) is 0 Å². The van der Waals surface area contributed by atoms with Crippen molar-refractivity contribution in [2.75, 3.05) is 20.3 Å².